The topological polar surface area (TPSA) is 54.7 Å². The first-order chi connectivity index (χ1) is 5.93. The third-order valence-corrected chi connectivity index (χ3v) is 2.25. The maximum absolute atomic E-state index is 12.3. The van der Waals surface area contributed by atoms with Crippen LogP contribution in [-0.4, -0.2) is 10.2 Å². The summed E-state index contributed by atoms with van der Waals surface area (Å²) in [6.07, 6.45) is -2.04. The summed E-state index contributed by atoms with van der Waals surface area (Å²) >= 11 is 0. The van der Waals surface area contributed by atoms with E-state index in [2.05, 4.69) is 5.10 Å². The summed E-state index contributed by atoms with van der Waals surface area (Å²) in [5, 5.41) is 5.31. The summed E-state index contributed by atoms with van der Waals surface area (Å²) in [6.45, 7) is 0. The minimum absolute atomic E-state index is 0.0833. The van der Waals surface area contributed by atoms with Gasteiger partial charge in [-0.25, -0.2) is 0 Å². The number of rotatable bonds is 1. The van der Waals surface area contributed by atoms with E-state index in [0.29, 0.717) is 12.8 Å². The molecule has 3 N–H and O–H groups in total. The van der Waals surface area contributed by atoms with Crippen molar-refractivity contribution in [3.05, 3.63) is 17.5 Å². The van der Waals surface area contributed by atoms with Gasteiger partial charge in [0.25, 0.3) is 0 Å². The molecule has 13 heavy (non-hydrogen) atoms. The van der Waals surface area contributed by atoms with Crippen LogP contribution in [0.25, 0.3) is 0 Å². The van der Waals surface area contributed by atoms with E-state index >= 15 is 0 Å². The van der Waals surface area contributed by atoms with Crippen molar-refractivity contribution in [3.63, 3.8) is 0 Å². The zero-order valence-corrected chi connectivity index (χ0v) is 6.65. The first-order valence-corrected chi connectivity index (χ1v) is 3.83. The summed E-state index contributed by atoms with van der Waals surface area (Å²) in [4.78, 5) is 0. The number of alkyl halides is 3. The lowest BCUT2D eigenvalue weighted by molar-refractivity contribution is -0.142. The molecule has 0 unspecified atom stereocenters. The monoisotopic (exact) mass is 191 g/mol. The Bertz CT molecular complexity index is 304. The molecular weight excluding hydrogens is 183 g/mol. The van der Waals surface area contributed by atoms with Crippen molar-refractivity contribution < 1.29 is 13.2 Å². The first-order valence-electron chi connectivity index (χ1n) is 3.83. The van der Waals surface area contributed by atoms with Crippen LogP contribution in [0.4, 0.5) is 13.2 Å². The molecular formula is C7H8F3N3. The molecule has 1 aromatic rings. The van der Waals surface area contributed by atoms with Crippen molar-refractivity contribution in [2.45, 2.75) is 24.6 Å². The van der Waals surface area contributed by atoms with E-state index in [-0.39, 0.29) is 5.56 Å². The molecule has 1 saturated carbocycles. The number of halogens is 3. The molecule has 1 aromatic heterocycles. The smallest absolute Gasteiger partial charge is 0.321 e. The molecule has 2 rings (SSSR count). The molecule has 72 valence electrons. The van der Waals surface area contributed by atoms with Crippen LogP contribution in [0.15, 0.2) is 6.20 Å². The molecule has 3 nitrogen and oxygen atoms in total. The molecule has 0 aromatic carbocycles. The predicted molar refractivity (Wildman–Crippen MR) is 38.7 cm³/mol. The van der Waals surface area contributed by atoms with Gasteiger partial charge in [-0.05, 0) is 12.8 Å². The fraction of sp³-hybridized carbons (Fsp3) is 0.571. The lowest BCUT2D eigenvalue weighted by Crippen LogP contribution is -2.22. The average Bonchev–Trinajstić information content (AvgIpc) is 2.60. The minimum atomic E-state index is -4.39. The summed E-state index contributed by atoms with van der Waals surface area (Å²) in [6, 6.07) is 0. The average molecular weight is 191 g/mol. The Morgan fingerprint density at radius 2 is 2.08 bits per heavy atom. The van der Waals surface area contributed by atoms with Crippen molar-refractivity contribution in [2.75, 3.05) is 0 Å². The van der Waals surface area contributed by atoms with E-state index in [4.69, 9.17) is 5.73 Å². The summed E-state index contributed by atoms with van der Waals surface area (Å²) in [5.74, 6) is 0. The SMILES string of the molecule is NC1(c2cn[nH]c2C(F)(F)F)CC1. The standard InChI is InChI=1S/C7H8F3N3/c8-7(9,10)5-4(3-12-13-5)6(11)1-2-6/h3H,1-2,11H2,(H,12,13). The second kappa shape index (κ2) is 2.25. The maximum Gasteiger partial charge on any atom is 0.433 e. The fourth-order valence-corrected chi connectivity index (χ4v) is 1.28. The normalized spacial score (nSPS) is 20.3. The molecule has 1 aliphatic rings. The summed E-state index contributed by atoms with van der Waals surface area (Å²) in [5.41, 5.74) is 4.13. The fourth-order valence-electron chi connectivity index (χ4n) is 1.28. The van der Waals surface area contributed by atoms with Gasteiger partial charge in [-0.1, -0.05) is 0 Å². The highest BCUT2D eigenvalue weighted by molar-refractivity contribution is 5.32. The highest BCUT2D eigenvalue weighted by atomic mass is 19.4. The van der Waals surface area contributed by atoms with Crippen molar-refractivity contribution in [2.24, 2.45) is 5.73 Å². The van der Waals surface area contributed by atoms with Crippen molar-refractivity contribution in [1.29, 1.82) is 0 Å². The third kappa shape index (κ3) is 1.31. The van der Waals surface area contributed by atoms with Gasteiger partial charge in [0.1, 0.15) is 5.69 Å². The van der Waals surface area contributed by atoms with Crippen LogP contribution >= 0.6 is 0 Å². The van der Waals surface area contributed by atoms with Crippen LogP contribution in [0.5, 0.6) is 0 Å². The Kier molecular flexibility index (Phi) is 1.48. The second-order valence-electron chi connectivity index (χ2n) is 3.31. The number of hydrogen-bond acceptors (Lipinski definition) is 2. The molecule has 0 amide bonds. The number of aromatic amines is 1. The Labute approximate surface area is 72.1 Å². The zero-order chi connectivity index (χ0) is 9.69. The highest BCUT2D eigenvalue weighted by Crippen LogP contribution is 2.46. The van der Waals surface area contributed by atoms with Crippen molar-refractivity contribution >= 4 is 0 Å². The molecule has 0 atom stereocenters. The van der Waals surface area contributed by atoms with Gasteiger partial charge >= 0.3 is 6.18 Å². The predicted octanol–water partition coefficient (Wildman–Crippen LogP) is 1.38. The molecule has 0 radical (unpaired) electrons. The van der Waals surface area contributed by atoms with E-state index in [1.807, 2.05) is 5.10 Å². The van der Waals surface area contributed by atoms with E-state index in [1.165, 1.54) is 0 Å². The number of nitrogens with zero attached hydrogens (tertiary/aromatic N) is 1. The number of aromatic nitrogens is 2. The number of nitrogens with one attached hydrogen (secondary N) is 1. The van der Waals surface area contributed by atoms with Crippen LogP contribution < -0.4 is 5.73 Å². The number of nitrogens with two attached hydrogens (primary N) is 1. The van der Waals surface area contributed by atoms with Gasteiger partial charge in [0.05, 0.1) is 6.20 Å². The molecule has 1 heterocycles. The minimum Gasteiger partial charge on any atom is -0.321 e. The lowest BCUT2D eigenvalue weighted by Gasteiger charge is -2.11. The van der Waals surface area contributed by atoms with E-state index in [1.54, 1.807) is 0 Å². The Balaban J connectivity index is 2.42. The van der Waals surface area contributed by atoms with Crippen molar-refractivity contribution in [1.82, 2.24) is 10.2 Å². The van der Waals surface area contributed by atoms with E-state index in [0.717, 1.165) is 6.20 Å². The van der Waals surface area contributed by atoms with Gasteiger partial charge < -0.3 is 5.73 Å². The second-order valence-corrected chi connectivity index (χ2v) is 3.31. The first kappa shape index (κ1) is 8.55. The van der Waals surface area contributed by atoms with E-state index < -0.39 is 17.4 Å². The Morgan fingerprint density at radius 3 is 2.54 bits per heavy atom. The van der Waals surface area contributed by atoms with Gasteiger partial charge in [0, 0.05) is 11.1 Å². The van der Waals surface area contributed by atoms with Crippen LogP contribution in [0.1, 0.15) is 24.1 Å². The molecule has 1 fully saturated rings. The van der Waals surface area contributed by atoms with Gasteiger partial charge in [0.2, 0.25) is 0 Å². The molecule has 1 aliphatic carbocycles. The molecule has 0 saturated heterocycles. The maximum atomic E-state index is 12.3. The number of H-pyrrole nitrogens is 1. The molecule has 0 spiro atoms. The summed E-state index contributed by atoms with van der Waals surface area (Å²) < 4.78 is 36.9. The van der Waals surface area contributed by atoms with Crippen LogP contribution in [0.2, 0.25) is 0 Å². The van der Waals surface area contributed by atoms with Gasteiger partial charge in [-0.2, -0.15) is 18.3 Å². The van der Waals surface area contributed by atoms with Crippen molar-refractivity contribution in [3.8, 4) is 0 Å². The van der Waals surface area contributed by atoms with Crippen LogP contribution in [0, 0.1) is 0 Å². The lowest BCUT2D eigenvalue weighted by atomic mass is 10.1. The van der Waals surface area contributed by atoms with Crippen LogP contribution in [-0.2, 0) is 11.7 Å². The molecule has 6 heteroatoms. The molecule has 0 aliphatic heterocycles. The number of hydrogen-bond donors (Lipinski definition) is 2. The molecule has 0 bridgehead atoms. The summed E-state index contributed by atoms with van der Waals surface area (Å²) in [7, 11) is 0. The highest BCUT2D eigenvalue weighted by Gasteiger charge is 2.48. The Hall–Kier alpha value is -1.04. The third-order valence-electron chi connectivity index (χ3n) is 2.25. The van der Waals surface area contributed by atoms with Gasteiger partial charge in [-0.3, -0.25) is 5.10 Å². The zero-order valence-electron chi connectivity index (χ0n) is 6.65. The van der Waals surface area contributed by atoms with Crippen LogP contribution in [0.3, 0.4) is 0 Å². The quantitative estimate of drug-likeness (QED) is 0.704. The van der Waals surface area contributed by atoms with Gasteiger partial charge in [0.15, 0.2) is 0 Å². The Morgan fingerprint density at radius 1 is 1.46 bits per heavy atom. The largest absolute Gasteiger partial charge is 0.433 e. The van der Waals surface area contributed by atoms with E-state index in [9.17, 15) is 13.2 Å². The van der Waals surface area contributed by atoms with Gasteiger partial charge in [-0.15, -0.1) is 0 Å².